The molecule has 0 bridgehead atoms. The van der Waals surface area contributed by atoms with Crippen LogP contribution in [0.3, 0.4) is 0 Å². The van der Waals surface area contributed by atoms with E-state index in [9.17, 15) is 23.9 Å². The van der Waals surface area contributed by atoms with Gasteiger partial charge in [0.15, 0.2) is 5.13 Å². The van der Waals surface area contributed by atoms with Crippen LogP contribution in [0.2, 0.25) is 0 Å². The van der Waals surface area contributed by atoms with Crippen molar-refractivity contribution in [2.24, 2.45) is 0 Å². The molecular formula is C30H29FN2O5S. The number of aliphatic hydroxyl groups is 1. The molecule has 39 heavy (non-hydrogen) atoms. The zero-order chi connectivity index (χ0) is 28.6. The summed E-state index contributed by atoms with van der Waals surface area (Å²) in [5, 5.41) is 11.4. The summed E-state index contributed by atoms with van der Waals surface area (Å²) < 4.78 is 19.5. The lowest BCUT2D eigenvalue weighted by Gasteiger charge is -2.24. The molecule has 1 saturated heterocycles. The van der Waals surface area contributed by atoms with Gasteiger partial charge in [0.2, 0.25) is 0 Å². The van der Waals surface area contributed by atoms with Gasteiger partial charge in [0.25, 0.3) is 5.78 Å². The van der Waals surface area contributed by atoms with Crippen LogP contribution in [0.15, 0.2) is 60.7 Å². The number of carbonyl (C=O) groups excluding carboxylic acids is 3. The number of esters is 1. The Hall–Kier alpha value is -4.11. The maximum atomic E-state index is 14.4. The number of aliphatic hydroxyl groups excluding tert-OH is 1. The molecule has 1 aliphatic heterocycles. The summed E-state index contributed by atoms with van der Waals surface area (Å²) in [6.45, 7) is 12.9. The van der Waals surface area contributed by atoms with E-state index in [-0.39, 0.29) is 33.2 Å². The standard InChI is InChI=1S/C30H29FN2O5S/c1-7-14-38-28(37)26-17(3)32-29(39-26)33-23(18-10-12-20(13-11-18)30(4,5)6)22(25(35)27(33)36)24(34)19-9-8-16(2)21(31)15-19/h7-13,15,23,34H,1,14H2,2-6H3/b24-22+. The Labute approximate surface area is 230 Å². The third-order valence-electron chi connectivity index (χ3n) is 6.49. The quantitative estimate of drug-likeness (QED) is 0.130. The Morgan fingerprint density at radius 2 is 1.85 bits per heavy atom. The number of halogens is 1. The number of benzene rings is 2. The first-order valence-electron chi connectivity index (χ1n) is 12.3. The fourth-order valence-corrected chi connectivity index (χ4v) is 5.27. The maximum Gasteiger partial charge on any atom is 0.350 e. The third-order valence-corrected chi connectivity index (χ3v) is 7.63. The van der Waals surface area contributed by atoms with E-state index in [1.165, 1.54) is 23.1 Å². The van der Waals surface area contributed by atoms with Crippen molar-refractivity contribution in [1.29, 1.82) is 0 Å². The van der Waals surface area contributed by atoms with Crippen molar-refractivity contribution in [1.82, 2.24) is 4.98 Å². The van der Waals surface area contributed by atoms with Crippen molar-refractivity contribution >= 4 is 39.9 Å². The van der Waals surface area contributed by atoms with Gasteiger partial charge in [-0.3, -0.25) is 14.5 Å². The molecule has 1 N–H and O–H groups in total. The van der Waals surface area contributed by atoms with Gasteiger partial charge in [0, 0.05) is 5.56 Å². The van der Waals surface area contributed by atoms with Gasteiger partial charge in [0.1, 0.15) is 23.1 Å². The molecule has 1 atom stereocenters. The van der Waals surface area contributed by atoms with Gasteiger partial charge in [-0.05, 0) is 42.0 Å². The van der Waals surface area contributed by atoms with Crippen LogP contribution in [0, 0.1) is 19.7 Å². The largest absolute Gasteiger partial charge is 0.507 e. The molecule has 1 unspecified atom stereocenters. The SMILES string of the molecule is C=CCOC(=O)c1sc(N2C(=O)C(=O)/C(=C(/O)c3ccc(C)c(F)c3)C2c2ccc(C(C)(C)C)cc2)nc1C. The number of ether oxygens (including phenoxy) is 1. The lowest BCUT2D eigenvalue weighted by atomic mass is 9.85. The molecule has 1 aromatic heterocycles. The first kappa shape index (κ1) is 27.9. The number of anilines is 1. The molecule has 1 amide bonds. The fraction of sp³-hybridized carbons (Fsp3) is 0.267. The second-order valence-electron chi connectivity index (χ2n) is 10.3. The molecule has 202 valence electrons. The van der Waals surface area contributed by atoms with Crippen LogP contribution >= 0.6 is 11.3 Å². The zero-order valence-corrected chi connectivity index (χ0v) is 23.2. The maximum absolute atomic E-state index is 14.4. The van der Waals surface area contributed by atoms with Gasteiger partial charge in [-0.2, -0.15) is 0 Å². The number of aromatic nitrogens is 1. The molecular weight excluding hydrogens is 519 g/mol. The number of ketones is 1. The van der Waals surface area contributed by atoms with Crippen LogP contribution in [0.25, 0.3) is 5.76 Å². The van der Waals surface area contributed by atoms with E-state index in [4.69, 9.17) is 4.74 Å². The van der Waals surface area contributed by atoms with Crippen LogP contribution < -0.4 is 4.90 Å². The monoisotopic (exact) mass is 548 g/mol. The first-order chi connectivity index (χ1) is 18.3. The molecule has 2 aromatic carbocycles. The molecule has 0 radical (unpaired) electrons. The van der Waals surface area contributed by atoms with Gasteiger partial charge in [0.05, 0.1) is 17.3 Å². The van der Waals surface area contributed by atoms with Crippen molar-refractivity contribution in [3.63, 3.8) is 0 Å². The van der Waals surface area contributed by atoms with Crippen molar-refractivity contribution in [2.75, 3.05) is 11.5 Å². The predicted octanol–water partition coefficient (Wildman–Crippen LogP) is 6.17. The Bertz CT molecular complexity index is 1520. The molecule has 1 fully saturated rings. The van der Waals surface area contributed by atoms with E-state index >= 15 is 0 Å². The molecule has 3 aromatic rings. The minimum atomic E-state index is -1.06. The van der Waals surface area contributed by atoms with E-state index in [1.807, 2.05) is 12.1 Å². The van der Waals surface area contributed by atoms with Gasteiger partial charge < -0.3 is 9.84 Å². The summed E-state index contributed by atoms with van der Waals surface area (Å²) in [5.74, 6) is -3.55. The van der Waals surface area contributed by atoms with E-state index < -0.39 is 35.3 Å². The number of carbonyl (C=O) groups is 3. The highest BCUT2D eigenvalue weighted by atomic mass is 32.1. The molecule has 4 rings (SSSR count). The number of hydrogen-bond donors (Lipinski definition) is 1. The Balaban J connectivity index is 1.90. The molecule has 9 heteroatoms. The molecule has 0 spiro atoms. The topological polar surface area (TPSA) is 96.8 Å². The van der Waals surface area contributed by atoms with Crippen molar-refractivity contribution in [2.45, 2.75) is 46.1 Å². The molecule has 7 nitrogen and oxygen atoms in total. The van der Waals surface area contributed by atoms with E-state index in [0.29, 0.717) is 16.8 Å². The average molecular weight is 549 g/mol. The molecule has 0 aliphatic carbocycles. The minimum Gasteiger partial charge on any atom is -0.507 e. The zero-order valence-electron chi connectivity index (χ0n) is 22.4. The summed E-state index contributed by atoms with van der Waals surface area (Å²) >= 11 is 0.910. The number of amides is 1. The van der Waals surface area contributed by atoms with Crippen LogP contribution in [0.1, 0.15) is 64.4 Å². The van der Waals surface area contributed by atoms with Crippen LogP contribution in [0.4, 0.5) is 9.52 Å². The summed E-state index contributed by atoms with van der Waals surface area (Å²) in [6, 6.07) is 10.4. The number of rotatable bonds is 6. The molecule has 2 heterocycles. The smallest absolute Gasteiger partial charge is 0.350 e. The van der Waals surface area contributed by atoms with Crippen molar-refractivity contribution in [3.8, 4) is 0 Å². The normalized spacial score (nSPS) is 17.0. The number of nitrogens with zero attached hydrogens (tertiary/aromatic N) is 2. The molecule has 1 aliphatic rings. The summed E-state index contributed by atoms with van der Waals surface area (Å²) in [7, 11) is 0. The number of Topliss-reactive ketones (excluding diaryl/α,β-unsaturated/α-hetero) is 1. The highest BCUT2D eigenvalue weighted by molar-refractivity contribution is 7.17. The van der Waals surface area contributed by atoms with Crippen molar-refractivity contribution in [3.05, 3.63) is 99.3 Å². The third kappa shape index (κ3) is 5.27. The van der Waals surface area contributed by atoms with Crippen molar-refractivity contribution < 1.29 is 28.6 Å². The van der Waals surface area contributed by atoms with Crippen LogP contribution in [0.5, 0.6) is 0 Å². The second kappa shape index (κ2) is 10.6. The van der Waals surface area contributed by atoms with Crippen LogP contribution in [-0.4, -0.2) is 34.4 Å². The van der Waals surface area contributed by atoms with E-state index in [1.54, 1.807) is 26.0 Å². The highest BCUT2D eigenvalue weighted by Gasteiger charge is 2.48. The first-order valence-corrected chi connectivity index (χ1v) is 13.1. The Morgan fingerprint density at radius 1 is 1.18 bits per heavy atom. The number of thiazole rings is 1. The number of aryl methyl sites for hydroxylation is 2. The van der Waals surface area contributed by atoms with Gasteiger partial charge in [-0.1, -0.05) is 81.2 Å². The summed E-state index contributed by atoms with van der Waals surface area (Å²) in [4.78, 5) is 45.1. The lowest BCUT2D eigenvalue weighted by Crippen LogP contribution is -2.29. The average Bonchev–Trinajstić information content (AvgIpc) is 3.40. The second-order valence-corrected chi connectivity index (χ2v) is 11.3. The fourth-order valence-electron chi connectivity index (χ4n) is 4.28. The number of hydrogen-bond acceptors (Lipinski definition) is 7. The molecule has 0 saturated carbocycles. The van der Waals surface area contributed by atoms with E-state index in [0.717, 1.165) is 23.0 Å². The van der Waals surface area contributed by atoms with Crippen LogP contribution in [-0.2, 0) is 19.7 Å². The predicted molar refractivity (Wildman–Crippen MR) is 148 cm³/mol. The highest BCUT2D eigenvalue weighted by Crippen LogP contribution is 2.44. The minimum absolute atomic E-state index is 0.00323. The Morgan fingerprint density at radius 3 is 2.44 bits per heavy atom. The van der Waals surface area contributed by atoms with Gasteiger partial charge >= 0.3 is 11.9 Å². The van der Waals surface area contributed by atoms with Gasteiger partial charge in [-0.15, -0.1) is 0 Å². The van der Waals surface area contributed by atoms with E-state index in [2.05, 4.69) is 32.3 Å². The lowest BCUT2D eigenvalue weighted by molar-refractivity contribution is -0.132. The Kier molecular flexibility index (Phi) is 7.57. The summed E-state index contributed by atoms with van der Waals surface area (Å²) in [6.07, 6.45) is 1.43. The summed E-state index contributed by atoms with van der Waals surface area (Å²) in [5.41, 5.74) is 1.99. The van der Waals surface area contributed by atoms with Gasteiger partial charge in [-0.25, -0.2) is 14.2 Å².